The molecule has 1 amide bonds. The molecule has 0 spiro atoms. The summed E-state index contributed by atoms with van der Waals surface area (Å²) in [4.78, 5) is 33.7. The molecule has 0 fully saturated rings. The van der Waals surface area contributed by atoms with E-state index in [9.17, 15) is 9.59 Å². The van der Waals surface area contributed by atoms with Crippen molar-refractivity contribution >= 4 is 17.6 Å². The lowest BCUT2D eigenvalue weighted by atomic mass is 10.1. The molecule has 3 rings (SSSR count). The van der Waals surface area contributed by atoms with Crippen molar-refractivity contribution < 1.29 is 19.1 Å². The van der Waals surface area contributed by atoms with Gasteiger partial charge in [0.1, 0.15) is 12.1 Å². The topological polar surface area (TPSA) is 81.6 Å². The number of carbonyl (C=O) groups excluding carboxylic acids is 2. The van der Waals surface area contributed by atoms with Crippen LogP contribution < -0.4 is 9.64 Å². The Morgan fingerprint density at radius 1 is 1.30 bits per heavy atom. The normalized spacial score (nSPS) is 16.5. The van der Waals surface area contributed by atoms with Crippen LogP contribution in [0.5, 0.6) is 5.75 Å². The molecular weight excluding hydrogens is 298 g/mol. The Morgan fingerprint density at radius 3 is 2.78 bits per heavy atom. The zero-order valence-electron chi connectivity index (χ0n) is 12.5. The number of nitrogens with zero attached hydrogens (tertiary/aromatic N) is 3. The van der Waals surface area contributed by atoms with E-state index in [4.69, 9.17) is 4.74 Å². The maximum absolute atomic E-state index is 12.7. The smallest absolute Gasteiger partial charge is 0.309 e. The fraction of sp³-hybridized carbons (Fsp3) is 0.250. The zero-order chi connectivity index (χ0) is 16.2. The van der Waals surface area contributed by atoms with Gasteiger partial charge in [-0.05, 0) is 12.1 Å². The Kier molecular flexibility index (Phi) is 4.18. The van der Waals surface area contributed by atoms with E-state index in [0.717, 1.165) is 5.56 Å². The molecule has 0 radical (unpaired) electrons. The lowest BCUT2D eigenvalue weighted by Crippen LogP contribution is -2.46. The highest BCUT2D eigenvalue weighted by Gasteiger charge is 2.36. The highest BCUT2D eigenvalue weighted by atomic mass is 16.5. The summed E-state index contributed by atoms with van der Waals surface area (Å²) in [6.45, 7) is 0.303. The minimum atomic E-state index is -0.901. The van der Waals surface area contributed by atoms with E-state index in [-0.39, 0.29) is 12.3 Å². The molecule has 0 unspecified atom stereocenters. The molecule has 118 valence electrons. The quantitative estimate of drug-likeness (QED) is 0.792. The number of para-hydroxylation sites is 2. The molecule has 1 aliphatic heterocycles. The predicted octanol–water partition coefficient (Wildman–Crippen LogP) is 1.33. The van der Waals surface area contributed by atoms with Crippen LogP contribution in [-0.2, 0) is 20.9 Å². The van der Waals surface area contributed by atoms with Gasteiger partial charge in [0.05, 0.1) is 25.8 Å². The maximum Gasteiger partial charge on any atom is 0.309 e. The minimum absolute atomic E-state index is 0.133. The molecule has 7 nitrogen and oxygen atoms in total. The molecule has 2 aromatic rings. The van der Waals surface area contributed by atoms with Crippen molar-refractivity contribution in [3.63, 3.8) is 0 Å². The van der Waals surface area contributed by atoms with Crippen LogP contribution in [0.1, 0.15) is 12.0 Å². The standard InChI is InChI=1S/C16H15N3O4/c1-22-15(20)6-14-16(21)19(9-11-7-17-10-18-8-11)12-4-2-3-5-13(12)23-14/h2-5,7-8,10,14H,6,9H2,1H3/t14-/m1/s1. The van der Waals surface area contributed by atoms with Crippen molar-refractivity contribution in [2.45, 2.75) is 19.1 Å². The average molecular weight is 313 g/mol. The van der Waals surface area contributed by atoms with Gasteiger partial charge >= 0.3 is 5.97 Å². The van der Waals surface area contributed by atoms with E-state index >= 15 is 0 Å². The number of esters is 1. The predicted molar refractivity (Wildman–Crippen MR) is 80.7 cm³/mol. The molecule has 23 heavy (non-hydrogen) atoms. The van der Waals surface area contributed by atoms with Crippen LogP contribution in [0.25, 0.3) is 0 Å². The SMILES string of the molecule is COC(=O)C[C@H]1Oc2ccccc2N(Cc2cncnc2)C1=O. The molecular formula is C16H15N3O4. The highest BCUT2D eigenvalue weighted by molar-refractivity contribution is 6.01. The van der Waals surface area contributed by atoms with Crippen LogP contribution in [0, 0.1) is 0 Å². The number of benzene rings is 1. The Morgan fingerprint density at radius 2 is 2.04 bits per heavy atom. The van der Waals surface area contributed by atoms with Gasteiger partial charge in [-0.2, -0.15) is 0 Å². The Bertz CT molecular complexity index is 720. The molecule has 2 heterocycles. The molecule has 0 saturated carbocycles. The number of hydrogen-bond donors (Lipinski definition) is 0. The van der Waals surface area contributed by atoms with Crippen LogP contribution in [0.15, 0.2) is 43.0 Å². The third-order valence-electron chi connectivity index (χ3n) is 3.50. The number of ether oxygens (including phenoxy) is 2. The molecule has 0 saturated heterocycles. The average Bonchev–Trinajstić information content (AvgIpc) is 2.59. The number of hydrogen-bond acceptors (Lipinski definition) is 6. The van der Waals surface area contributed by atoms with E-state index < -0.39 is 12.1 Å². The van der Waals surface area contributed by atoms with Gasteiger partial charge in [0.2, 0.25) is 0 Å². The van der Waals surface area contributed by atoms with E-state index in [2.05, 4.69) is 14.7 Å². The van der Waals surface area contributed by atoms with Crippen LogP contribution in [0.3, 0.4) is 0 Å². The first-order chi connectivity index (χ1) is 11.2. The van der Waals surface area contributed by atoms with Gasteiger partial charge in [-0.3, -0.25) is 9.59 Å². The van der Waals surface area contributed by atoms with Crippen LogP contribution >= 0.6 is 0 Å². The summed E-state index contributed by atoms with van der Waals surface area (Å²) >= 11 is 0. The third kappa shape index (κ3) is 3.13. The summed E-state index contributed by atoms with van der Waals surface area (Å²) in [6, 6.07) is 7.20. The summed E-state index contributed by atoms with van der Waals surface area (Å²) in [5.41, 5.74) is 1.44. The molecule has 7 heteroatoms. The second kappa shape index (κ2) is 6.43. The molecule has 0 N–H and O–H groups in total. The first kappa shape index (κ1) is 15.0. The third-order valence-corrected chi connectivity index (χ3v) is 3.50. The summed E-state index contributed by atoms with van der Waals surface area (Å²) in [5.74, 6) is -0.235. The van der Waals surface area contributed by atoms with Crippen LogP contribution in [0.4, 0.5) is 5.69 Å². The molecule has 1 aromatic carbocycles. The number of anilines is 1. The molecule has 0 bridgehead atoms. The number of methoxy groups -OCH3 is 1. The van der Waals surface area contributed by atoms with Crippen molar-refractivity contribution in [1.82, 2.24) is 9.97 Å². The van der Waals surface area contributed by atoms with Crippen molar-refractivity contribution in [1.29, 1.82) is 0 Å². The van der Waals surface area contributed by atoms with Gasteiger partial charge in [0.15, 0.2) is 6.10 Å². The summed E-state index contributed by atoms with van der Waals surface area (Å²) < 4.78 is 10.3. The summed E-state index contributed by atoms with van der Waals surface area (Å²) in [7, 11) is 1.28. The van der Waals surface area contributed by atoms with Crippen molar-refractivity contribution in [2.24, 2.45) is 0 Å². The van der Waals surface area contributed by atoms with Gasteiger partial charge in [-0.15, -0.1) is 0 Å². The van der Waals surface area contributed by atoms with Crippen LogP contribution in [0.2, 0.25) is 0 Å². The minimum Gasteiger partial charge on any atom is -0.478 e. The molecule has 1 atom stereocenters. The Balaban J connectivity index is 1.91. The number of fused-ring (bicyclic) bond motifs is 1. The lowest BCUT2D eigenvalue weighted by Gasteiger charge is -2.33. The van der Waals surface area contributed by atoms with Gasteiger partial charge in [-0.25, -0.2) is 9.97 Å². The van der Waals surface area contributed by atoms with Crippen molar-refractivity contribution in [2.75, 3.05) is 12.0 Å². The second-order valence-corrected chi connectivity index (χ2v) is 5.03. The van der Waals surface area contributed by atoms with E-state index in [1.54, 1.807) is 29.4 Å². The van der Waals surface area contributed by atoms with Gasteiger partial charge in [0.25, 0.3) is 5.91 Å². The fourth-order valence-electron chi connectivity index (χ4n) is 2.40. The van der Waals surface area contributed by atoms with Gasteiger partial charge in [0, 0.05) is 18.0 Å². The maximum atomic E-state index is 12.7. The number of aromatic nitrogens is 2. The molecule has 0 aliphatic carbocycles. The zero-order valence-corrected chi connectivity index (χ0v) is 12.5. The van der Waals surface area contributed by atoms with Gasteiger partial charge in [-0.1, -0.05) is 12.1 Å². The molecule has 1 aliphatic rings. The van der Waals surface area contributed by atoms with Crippen LogP contribution in [-0.4, -0.2) is 35.1 Å². The summed E-state index contributed by atoms with van der Waals surface area (Å²) in [5, 5.41) is 0. The fourth-order valence-corrected chi connectivity index (χ4v) is 2.40. The number of rotatable bonds is 4. The monoisotopic (exact) mass is 313 g/mol. The number of amides is 1. The summed E-state index contributed by atoms with van der Waals surface area (Å²) in [6.07, 6.45) is 3.69. The first-order valence-electron chi connectivity index (χ1n) is 7.07. The Hall–Kier alpha value is -2.96. The second-order valence-electron chi connectivity index (χ2n) is 5.03. The Labute approximate surface area is 132 Å². The van der Waals surface area contributed by atoms with Crippen molar-refractivity contribution in [3.05, 3.63) is 48.5 Å². The van der Waals surface area contributed by atoms with E-state index in [1.807, 2.05) is 12.1 Å². The number of carbonyl (C=O) groups is 2. The van der Waals surface area contributed by atoms with E-state index in [0.29, 0.717) is 18.0 Å². The van der Waals surface area contributed by atoms with Gasteiger partial charge < -0.3 is 14.4 Å². The van der Waals surface area contributed by atoms with E-state index in [1.165, 1.54) is 13.4 Å². The lowest BCUT2D eigenvalue weighted by molar-refractivity contribution is -0.145. The molecule has 1 aromatic heterocycles. The largest absolute Gasteiger partial charge is 0.478 e. The highest BCUT2D eigenvalue weighted by Crippen LogP contribution is 2.35. The van der Waals surface area contributed by atoms with Crippen molar-refractivity contribution in [3.8, 4) is 5.75 Å². The first-order valence-corrected chi connectivity index (χ1v) is 7.07.